The molecule has 0 spiro atoms. The summed E-state index contributed by atoms with van der Waals surface area (Å²) in [5, 5.41) is 10.0. The van der Waals surface area contributed by atoms with Crippen LogP contribution in [0.25, 0.3) is 0 Å². The molecule has 140 valence electrons. The van der Waals surface area contributed by atoms with Gasteiger partial charge in [0.15, 0.2) is 5.78 Å². The SMILES string of the molecule is CC.CC(=O)C(C)(O)CCCCC1CCC2/C(=C/Br)CCCC12C. The van der Waals surface area contributed by atoms with Crippen molar-refractivity contribution in [3.63, 3.8) is 0 Å². The molecular formula is C21H37BrO2. The number of hydrogen-bond donors (Lipinski definition) is 1. The van der Waals surface area contributed by atoms with Crippen LogP contribution in [0.15, 0.2) is 10.6 Å². The lowest BCUT2D eigenvalue weighted by Gasteiger charge is -2.42. The predicted molar refractivity (Wildman–Crippen MR) is 106 cm³/mol. The van der Waals surface area contributed by atoms with Crippen LogP contribution in [0.1, 0.15) is 92.4 Å². The molecule has 2 rings (SSSR count). The van der Waals surface area contributed by atoms with E-state index in [0.717, 1.165) is 24.7 Å². The number of aliphatic hydroxyl groups is 1. The maximum atomic E-state index is 11.4. The molecule has 0 amide bonds. The summed E-state index contributed by atoms with van der Waals surface area (Å²) in [6.07, 6.45) is 10.5. The Morgan fingerprint density at radius 3 is 2.62 bits per heavy atom. The van der Waals surface area contributed by atoms with Crippen LogP contribution < -0.4 is 0 Å². The van der Waals surface area contributed by atoms with Crippen molar-refractivity contribution in [3.05, 3.63) is 10.6 Å². The molecule has 0 aromatic heterocycles. The summed E-state index contributed by atoms with van der Waals surface area (Å²) >= 11 is 3.57. The van der Waals surface area contributed by atoms with Gasteiger partial charge in [-0.25, -0.2) is 0 Å². The van der Waals surface area contributed by atoms with E-state index >= 15 is 0 Å². The molecule has 1 N–H and O–H groups in total. The van der Waals surface area contributed by atoms with Crippen LogP contribution in [0.5, 0.6) is 0 Å². The Kier molecular flexibility index (Phi) is 8.68. The summed E-state index contributed by atoms with van der Waals surface area (Å²) in [4.78, 5) is 13.5. The van der Waals surface area contributed by atoms with E-state index in [0.29, 0.717) is 11.8 Å². The van der Waals surface area contributed by atoms with E-state index < -0.39 is 5.60 Å². The maximum absolute atomic E-state index is 11.4. The lowest BCUT2D eigenvalue weighted by molar-refractivity contribution is -0.134. The van der Waals surface area contributed by atoms with Crippen LogP contribution in [0, 0.1) is 17.3 Å². The number of unbranched alkanes of at least 4 members (excludes halogenated alkanes) is 1. The fourth-order valence-corrected chi connectivity index (χ4v) is 5.34. The third-order valence-electron chi connectivity index (χ3n) is 6.53. The van der Waals surface area contributed by atoms with Crippen LogP contribution >= 0.6 is 15.9 Å². The molecule has 4 atom stereocenters. The van der Waals surface area contributed by atoms with Gasteiger partial charge in [0.25, 0.3) is 0 Å². The number of fused-ring (bicyclic) bond motifs is 1. The van der Waals surface area contributed by atoms with E-state index in [9.17, 15) is 9.90 Å². The first-order chi connectivity index (χ1) is 11.3. The van der Waals surface area contributed by atoms with Crippen molar-refractivity contribution in [2.75, 3.05) is 0 Å². The third-order valence-corrected chi connectivity index (χ3v) is 7.11. The van der Waals surface area contributed by atoms with Gasteiger partial charge in [0, 0.05) is 0 Å². The van der Waals surface area contributed by atoms with Gasteiger partial charge in [0.05, 0.1) is 0 Å². The van der Waals surface area contributed by atoms with Crippen LogP contribution in [-0.2, 0) is 4.79 Å². The second kappa shape index (κ2) is 9.52. The summed E-state index contributed by atoms with van der Waals surface area (Å²) in [7, 11) is 0. The van der Waals surface area contributed by atoms with Crippen molar-refractivity contribution in [1.29, 1.82) is 0 Å². The molecule has 0 saturated heterocycles. The number of carbonyl (C=O) groups is 1. The Morgan fingerprint density at radius 2 is 2.04 bits per heavy atom. The van der Waals surface area contributed by atoms with Gasteiger partial charge in [0.1, 0.15) is 5.60 Å². The topological polar surface area (TPSA) is 37.3 Å². The highest BCUT2D eigenvalue weighted by atomic mass is 79.9. The fourth-order valence-electron chi connectivity index (χ4n) is 4.79. The molecule has 3 heteroatoms. The highest BCUT2D eigenvalue weighted by Gasteiger charge is 2.48. The number of ketones is 1. The number of hydrogen-bond acceptors (Lipinski definition) is 2. The van der Waals surface area contributed by atoms with Gasteiger partial charge in [-0.05, 0) is 81.0 Å². The summed E-state index contributed by atoms with van der Waals surface area (Å²) in [5.41, 5.74) is 0.968. The zero-order valence-electron chi connectivity index (χ0n) is 16.3. The van der Waals surface area contributed by atoms with Crippen molar-refractivity contribution in [1.82, 2.24) is 0 Å². The third kappa shape index (κ3) is 4.94. The molecule has 2 aliphatic rings. The van der Waals surface area contributed by atoms with Gasteiger partial charge in [-0.3, -0.25) is 4.79 Å². The molecular weight excluding hydrogens is 364 g/mol. The van der Waals surface area contributed by atoms with Gasteiger partial charge in [-0.1, -0.05) is 55.1 Å². The van der Waals surface area contributed by atoms with Crippen LogP contribution in [0.2, 0.25) is 0 Å². The zero-order valence-corrected chi connectivity index (χ0v) is 17.9. The lowest BCUT2D eigenvalue weighted by Crippen LogP contribution is -2.34. The van der Waals surface area contributed by atoms with Crippen molar-refractivity contribution in [2.45, 2.75) is 98.0 Å². The molecule has 4 unspecified atom stereocenters. The Balaban J connectivity index is 0.00000139. The van der Waals surface area contributed by atoms with Crippen molar-refractivity contribution in [2.24, 2.45) is 17.3 Å². The standard InChI is InChI=1S/C19H31BrO2.C2H6/c1-14(21)19(3,22)12-5-4-8-16-9-10-17-15(13-20)7-6-11-18(16,17)2;1-2/h13,16-17,22H,4-12H2,1-3H3;1-2H3/b15-13+;. The average molecular weight is 401 g/mol. The van der Waals surface area contributed by atoms with Gasteiger partial charge < -0.3 is 5.11 Å². The lowest BCUT2D eigenvalue weighted by atomic mass is 9.63. The van der Waals surface area contributed by atoms with Crippen LogP contribution in [-0.4, -0.2) is 16.5 Å². The minimum Gasteiger partial charge on any atom is -0.382 e. The first-order valence-electron chi connectivity index (χ1n) is 9.84. The van der Waals surface area contributed by atoms with E-state index in [1.807, 2.05) is 13.8 Å². The summed E-state index contributed by atoms with van der Waals surface area (Å²) < 4.78 is 0. The molecule has 24 heavy (non-hydrogen) atoms. The summed E-state index contributed by atoms with van der Waals surface area (Å²) in [6.45, 7) is 9.63. The predicted octanol–water partition coefficient (Wildman–Crippen LogP) is 6.41. The summed E-state index contributed by atoms with van der Waals surface area (Å²) in [6, 6.07) is 0. The minimum atomic E-state index is -1.13. The largest absolute Gasteiger partial charge is 0.382 e. The second-order valence-corrected chi connectivity index (χ2v) is 8.40. The quantitative estimate of drug-likeness (QED) is 0.522. The maximum Gasteiger partial charge on any atom is 0.160 e. The molecule has 2 nitrogen and oxygen atoms in total. The average Bonchev–Trinajstić information content (AvgIpc) is 2.89. The van der Waals surface area contributed by atoms with Crippen molar-refractivity contribution < 1.29 is 9.90 Å². The molecule has 0 heterocycles. The number of halogens is 1. The first-order valence-corrected chi connectivity index (χ1v) is 10.8. The molecule has 2 saturated carbocycles. The Hall–Kier alpha value is -0.150. The van der Waals surface area contributed by atoms with Crippen LogP contribution in [0.4, 0.5) is 0 Å². The molecule has 2 fully saturated rings. The number of allylic oxidation sites excluding steroid dienone is 1. The smallest absolute Gasteiger partial charge is 0.160 e. The van der Waals surface area contributed by atoms with Gasteiger partial charge in [-0.2, -0.15) is 0 Å². The minimum absolute atomic E-state index is 0.111. The van der Waals surface area contributed by atoms with Gasteiger partial charge in [0.2, 0.25) is 0 Å². The molecule has 0 aromatic rings. The highest BCUT2D eigenvalue weighted by molar-refractivity contribution is 9.11. The van der Waals surface area contributed by atoms with Crippen molar-refractivity contribution >= 4 is 21.7 Å². The number of carbonyl (C=O) groups excluding carboxylic acids is 1. The van der Waals surface area contributed by atoms with Crippen LogP contribution in [0.3, 0.4) is 0 Å². The van der Waals surface area contributed by atoms with E-state index in [4.69, 9.17) is 0 Å². The van der Waals surface area contributed by atoms with Gasteiger partial charge >= 0.3 is 0 Å². The van der Waals surface area contributed by atoms with Crippen molar-refractivity contribution in [3.8, 4) is 0 Å². The Bertz CT molecular complexity index is 441. The molecule has 0 bridgehead atoms. The van der Waals surface area contributed by atoms with E-state index in [2.05, 4.69) is 27.8 Å². The number of rotatable bonds is 6. The summed E-state index contributed by atoms with van der Waals surface area (Å²) in [5.74, 6) is 1.47. The molecule has 0 radical (unpaired) electrons. The normalized spacial score (nSPS) is 33.4. The Labute approximate surface area is 157 Å². The van der Waals surface area contributed by atoms with E-state index in [-0.39, 0.29) is 5.78 Å². The fraction of sp³-hybridized carbons (Fsp3) is 0.857. The van der Waals surface area contributed by atoms with E-state index in [1.54, 1.807) is 12.5 Å². The molecule has 0 aliphatic heterocycles. The zero-order chi connectivity index (χ0) is 18.4. The first kappa shape index (κ1) is 21.9. The number of Topliss-reactive ketones (excluding diaryl/α,β-unsaturated/α-hetero) is 1. The monoisotopic (exact) mass is 400 g/mol. The Morgan fingerprint density at radius 1 is 1.38 bits per heavy atom. The highest BCUT2D eigenvalue weighted by Crippen LogP contribution is 2.58. The van der Waals surface area contributed by atoms with Gasteiger partial charge in [-0.15, -0.1) is 0 Å². The van der Waals surface area contributed by atoms with E-state index in [1.165, 1.54) is 45.4 Å². The molecule has 0 aromatic carbocycles. The second-order valence-electron chi connectivity index (χ2n) is 7.95. The molecule has 2 aliphatic carbocycles.